The number of benzene rings is 1. The second-order valence-electron chi connectivity index (χ2n) is 6.11. The average Bonchev–Trinajstić information content (AvgIpc) is 2.67. The summed E-state index contributed by atoms with van der Waals surface area (Å²) in [6.07, 6.45) is -1.11. The van der Waals surface area contributed by atoms with Crippen molar-refractivity contribution in [2.75, 3.05) is 0 Å². The van der Waals surface area contributed by atoms with Gasteiger partial charge in [0.05, 0.1) is 11.2 Å². The Labute approximate surface area is 116 Å². The maximum absolute atomic E-state index is 12.7. The minimum atomic E-state index is -4.33. The molecule has 3 rings (SSSR count). The monoisotopic (exact) mass is 285 g/mol. The Kier molecular flexibility index (Phi) is 3.10. The Morgan fingerprint density at radius 2 is 1.80 bits per heavy atom. The number of hydrogen-bond donors (Lipinski definition) is 2. The van der Waals surface area contributed by atoms with Crippen LogP contribution in [-0.2, 0) is 11.8 Å². The first-order chi connectivity index (χ1) is 9.28. The number of alkyl halides is 3. The molecule has 2 atom stereocenters. The standard InChI is InChI=1S/C15H18F3NO/c1-9-6-10(15(16,17)18)2-5-13(9)14(20)7-11-3-4-12(8-14)19-11/h2,5-6,11-12,19-20H,3-4,7-8H2,1H3. The molecule has 2 saturated heterocycles. The van der Waals surface area contributed by atoms with Gasteiger partial charge in [-0.05, 0) is 55.9 Å². The van der Waals surface area contributed by atoms with Crippen LogP contribution in [0.15, 0.2) is 18.2 Å². The first-order valence-corrected chi connectivity index (χ1v) is 6.95. The van der Waals surface area contributed by atoms with Crippen molar-refractivity contribution < 1.29 is 18.3 Å². The molecule has 2 unspecified atom stereocenters. The van der Waals surface area contributed by atoms with Crippen molar-refractivity contribution in [2.24, 2.45) is 0 Å². The molecule has 0 spiro atoms. The Morgan fingerprint density at radius 1 is 1.20 bits per heavy atom. The zero-order valence-electron chi connectivity index (χ0n) is 11.3. The van der Waals surface area contributed by atoms with Gasteiger partial charge in [0.2, 0.25) is 0 Å². The molecule has 2 nitrogen and oxygen atoms in total. The first-order valence-electron chi connectivity index (χ1n) is 6.95. The highest BCUT2D eigenvalue weighted by Gasteiger charge is 2.44. The summed E-state index contributed by atoms with van der Waals surface area (Å²) >= 11 is 0. The molecule has 0 amide bonds. The zero-order chi connectivity index (χ0) is 14.5. The molecule has 20 heavy (non-hydrogen) atoms. The third-order valence-electron chi connectivity index (χ3n) is 4.56. The van der Waals surface area contributed by atoms with Gasteiger partial charge in [-0.15, -0.1) is 0 Å². The molecule has 0 aromatic heterocycles. The van der Waals surface area contributed by atoms with Crippen LogP contribution in [-0.4, -0.2) is 17.2 Å². The summed E-state index contributed by atoms with van der Waals surface area (Å²) in [4.78, 5) is 0. The highest BCUT2D eigenvalue weighted by Crippen LogP contribution is 2.42. The smallest absolute Gasteiger partial charge is 0.385 e. The van der Waals surface area contributed by atoms with Crippen molar-refractivity contribution in [1.82, 2.24) is 5.32 Å². The fraction of sp³-hybridized carbons (Fsp3) is 0.600. The molecule has 1 aromatic rings. The summed E-state index contributed by atoms with van der Waals surface area (Å²) in [6.45, 7) is 1.65. The third kappa shape index (κ3) is 2.33. The van der Waals surface area contributed by atoms with Crippen LogP contribution in [0.3, 0.4) is 0 Å². The topological polar surface area (TPSA) is 32.3 Å². The Balaban J connectivity index is 1.94. The molecule has 2 N–H and O–H groups in total. The van der Waals surface area contributed by atoms with E-state index in [2.05, 4.69) is 5.32 Å². The van der Waals surface area contributed by atoms with E-state index >= 15 is 0 Å². The highest BCUT2D eigenvalue weighted by molar-refractivity contribution is 5.37. The van der Waals surface area contributed by atoms with Gasteiger partial charge >= 0.3 is 6.18 Å². The quantitative estimate of drug-likeness (QED) is 0.831. The van der Waals surface area contributed by atoms with E-state index in [1.165, 1.54) is 6.07 Å². The maximum atomic E-state index is 12.7. The second kappa shape index (κ2) is 4.46. The van der Waals surface area contributed by atoms with Gasteiger partial charge in [0, 0.05) is 12.1 Å². The van der Waals surface area contributed by atoms with Gasteiger partial charge in [0.1, 0.15) is 0 Å². The minimum Gasteiger partial charge on any atom is -0.385 e. The lowest BCUT2D eigenvalue weighted by molar-refractivity contribution is -0.137. The first kappa shape index (κ1) is 13.9. The van der Waals surface area contributed by atoms with Crippen LogP contribution in [0.5, 0.6) is 0 Å². The van der Waals surface area contributed by atoms with E-state index in [9.17, 15) is 18.3 Å². The number of hydrogen-bond acceptors (Lipinski definition) is 2. The molecule has 110 valence electrons. The normalized spacial score (nSPS) is 33.5. The largest absolute Gasteiger partial charge is 0.416 e. The minimum absolute atomic E-state index is 0.278. The van der Waals surface area contributed by atoms with Crippen molar-refractivity contribution in [3.63, 3.8) is 0 Å². The summed E-state index contributed by atoms with van der Waals surface area (Å²) in [5, 5.41) is 14.3. The van der Waals surface area contributed by atoms with E-state index in [0.29, 0.717) is 24.0 Å². The lowest BCUT2D eigenvalue weighted by Crippen LogP contribution is -2.47. The SMILES string of the molecule is Cc1cc(C(F)(F)F)ccc1C1(O)CC2CCC(C1)N2. The molecule has 1 aromatic carbocycles. The van der Waals surface area contributed by atoms with Gasteiger partial charge in [-0.2, -0.15) is 13.2 Å². The summed E-state index contributed by atoms with van der Waals surface area (Å²) in [5.41, 5.74) is -0.488. The lowest BCUT2D eigenvalue weighted by Gasteiger charge is -2.38. The third-order valence-corrected chi connectivity index (χ3v) is 4.56. The molecule has 2 heterocycles. The maximum Gasteiger partial charge on any atom is 0.416 e. The molecular formula is C15H18F3NO. The van der Waals surface area contributed by atoms with Crippen LogP contribution < -0.4 is 5.32 Å². The van der Waals surface area contributed by atoms with Crippen molar-refractivity contribution in [1.29, 1.82) is 0 Å². The van der Waals surface area contributed by atoms with Crippen LogP contribution in [0.4, 0.5) is 13.2 Å². The second-order valence-corrected chi connectivity index (χ2v) is 6.11. The Hall–Kier alpha value is -1.07. The van der Waals surface area contributed by atoms with Gasteiger partial charge < -0.3 is 10.4 Å². The van der Waals surface area contributed by atoms with Gasteiger partial charge in [0.25, 0.3) is 0 Å². The van der Waals surface area contributed by atoms with Gasteiger partial charge in [0.15, 0.2) is 0 Å². The number of piperidine rings is 1. The molecule has 0 saturated carbocycles. The molecule has 0 radical (unpaired) electrons. The van der Waals surface area contributed by atoms with E-state index < -0.39 is 17.3 Å². The fourth-order valence-corrected chi connectivity index (χ4v) is 3.70. The molecule has 2 bridgehead atoms. The molecule has 5 heteroatoms. The van der Waals surface area contributed by atoms with Crippen molar-refractivity contribution in [2.45, 2.75) is 56.5 Å². The van der Waals surface area contributed by atoms with Crippen LogP contribution in [0, 0.1) is 6.92 Å². The number of aliphatic hydroxyl groups is 1. The van der Waals surface area contributed by atoms with Crippen molar-refractivity contribution >= 4 is 0 Å². The zero-order valence-corrected chi connectivity index (χ0v) is 11.3. The van der Waals surface area contributed by atoms with Crippen LogP contribution in [0.2, 0.25) is 0 Å². The number of fused-ring (bicyclic) bond motifs is 2. The number of rotatable bonds is 1. The van der Waals surface area contributed by atoms with E-state index in [1.54, 1.807) is 6.92 Å². The summed E-state index contributed by atoms with van der Waals surface area (Å²) in [5.74, 6) is 0. The average molecular weight is 285 g/mol. The van der Waals surface area contributed by atoms with E-state index in [-0.39, 0.29) is 12.1 Å². The Bertz CT molecular complexity index is 514. The molecule has 2 fully saturated rings. The van der Waals surface area contributed by atoms with Crippen LogP contribution >= 0.6 is 0 Å². The van der Waals surface area contributed by atoms with Crippen LogP contribution in [0.1, 0.15) is 42.4 Å². The number of halogens is 3. The van der Waals surface area contributed by atoms with Gasteiger partial charge in [-0.25, -0.2) is 0 Å². The van der Waals surface area contributed by atoms with E-state index in [0.717, 1.165) is 25.0 Å². The number of nitrogens with one attached hydrogen (secondary N) is 1. The van der Waals surface area contributed by atoms with Crippen molar-refractivity contribution in [3.8, 4) is 0 Å². The molecule has 0 aliphatic carbocycles. The molecule has 2 aliphatic rings. The van der Waals surface area contributed by atoms with Crippen LogP contribution in [0.25, 0.3) is 0 Å². The lowest BCUT2D eigenvalue weighted by atomic mass is 9.79. The fourth-order valence-electron chi connectivity index (χ4n) is 3.70. The van der Waals surface area contributed by atoms with Gasteiger partial charge in [-0.3, -0.25) is 0 Å². The summed E-state index contributed by atoms with van der Waals surface area (Å²) in [6, 6.07) is 4.21. The van der Waals surface area contributed by atoms with Gasteiger partial charge in [-0.1, -0.05) is 6.07 Å². The van der Waals surface area contributed by atoms with E-state index in [1.807, 2.05) is 0 Å². The predicted molar refractivity (Wildman–Crippen MR) is 69.3 cm³/mol. The summed E-state index contributed by atoms with van der Waals surface area (Å²) in [7, 11) is 0. The highest BCUT2D eigenvalue weighted by atomic mass is 19.4. The number of aryl methyl sites for hydroxylation is 1. The van der Waals surface area contributed by atoms with Crippen molar-refractivity contribution in [3.05, 3.63) is 34.9 Å². The molecule has 2 aliphatic heterocycles. The summed E-state index contributed by atoms with van der Waals surface area (Å²) < 4.78 is 38.1. The predicted octanol–water partition coefficient (Wildman–Crippen LogP) is 3.12. The van der Waals surface area contributed by atoms with E-state index in [4.69, 9.17) is 0 Å². The molecular weight excluding hydrogens is 267 g/mol. The Morgan fingerprint density at radius 3 is 2.30 bits per heavy atom.